The first-order chi connectivity index (χ1) is 17.0. The fourth-order valence-corrected chi connectivity index (χ4v) is 4.25. The number of hydrogen-bond donors (Lipinski definition) is 3. The number of hydrogen-bond acceptors (Lipinski definition) is 4. The highest BCUT2D eigenvalue weighted by Crippen LogP contribution is 2.33. The molecular formula is C29H36N4O3. The standard InChI is InChI=1S/C29H36N4O3/c1-18(2)15-26-25(17-30-29(35)36)28(21-9-7-19(3)8-10-21)24(20(4)31-26)16-27(34)32-22-11-13-23(14-12-22)33(5)6/h7-14,18,30H,15-17H2,1-6H3,(H,32,34)(H,35,36). The molecule has 0 saturated heterocycles. The van der Waals surface area contributed by atoms with Crippen LogP contribution in [0.15, 0.2) is 48.5 Å². The average Bonchev–Trinajstić information content (AvgIpc) is 2.80. The van der Waals surface area contributed by atoms with Crippen LogP contribution >= 0.6 is 0 Å². The highest BCUT2D eigenvalue weighted by atomic mass is 16.4. The van der Waals surface area contributed by atoms with Gasteiger partial charge >= 0.3 is 6.09 Å². The van der Waals surface area contributed by atoms with E-state index in [4.69, 9.17) is 4.98 Å². The maximum absolute atomic E-state index is 13.2. The van der Waals surface area contributed by atoms with E-state index in [2.05, 4.69) is 24.5 Å². The first-order valence-electron chi connectivity index (χ1n) is 12.2. The van der Waals surface area contributed by atoms with Gasteiger partial charge in [-0.05, 0) is 67.1 Å². The van der Waals surface area contributed by atoms with E-state index in [-0.39, 0.29) is 18.9 Å². The summed E-state index contributed by atoms with van der Waals surface area (Å²) in [4.78, 5) is 31.4. The molecule has 1 heterocycles. The SMILES string of the molecule is Cc1ccc(-c2c(CC(=O)Nc3ccc(N(C)C)cc3)c(C)nc(CC(C)C)c2CNC(=O)O)cc1. The number of benzene rings is 2. The molecule has 36 heavy (non-hydrogen) atoms. The number of nitrogens with zero attached hydrogens (tertiary/aromatic N) is 2. The summed E-state index contributed by atoms with van der Waals surface area (Å²) in [6, 6.07) is 15.8. The highest BCUT2D eigenvalue weighted by molar-refractivity contribution is 5.94. The van der Waals surface area contributed by atoms with Crippen LogP contribution in [0.3, 0.4) is 0 Å². The maximum atomic E-state index is 13.2. The Kier molecular flexibility index (Phi) is 8.69. The predicted molar refractivity (Wildman–Crippen MR) is 146 cm³/mol. The maximum Gasteiger partial charge on any atom is 0.404 e. The number of rotatable bonds is 9. The summed E-state index contributed by atoms with van der Waals surface area (Å²) >= 11 is 0. The number of aromatic nitrogens is 1. The van der Waals surface area contributed by atoms with Crippen LogP contribution in [0.1, 0.15) is 41.9 Å². The first kappa shape index (κ1) is 26.7. The van der Waals surface area contributed by atoms with Gasteiger partial charge in [0, 0.05) is 49.0 Å². The van der Waals surface area contributed by atoms with E-state index in [0.29, 0.717) is 12.3 Å². The largest absolute Gasteiger partial charge is 0.465 e. The second-order valence-corrected chi connectivity index (χ2v) is 9.76. The second-order valence-electron chi connectivity index (χ2n) is 9.76. The normalized spacial score (nSPS) is 10.9. The summed E-state index contributed by atoms with van der Waals surface area (Å²) in [5.74, 6) is 0.185. The van der Waals surface area contributed by atoms with Crippen LogP contribution in [-0.4, -0.2) is 36.2 Å². The van der Waals surface area contributed by atoms with Crippen molar-refractivity contribution >= 4 is 23.4 Å². The molecule has 0 radical (unpaired) electrons. The molecule has 0 atom stereocenters. The quantitative estimate of drug-likeness (QED) is 0.366. The molecule has 0 aliphatic heterocycles. The molecule has 0 fully saturated rings. The predicted octanol–water partition coefficient (Wildman–Crippen LogP) is 5.58. The van der Waals surface area contributed by atoms with Crippen LogP contribution in [0.25, 0.3) is 11.1 Å². The molecule has 2 amide bonds. The van der Waals surface area contributed by atoms with Gasteiger partial charge in [-0.25, -0.2) is 4.79 Å². The van der Waals surface area contributed by atoms with E-state index >= 15 is 0 Å². The van der Waals surface area contributed by atoms with Crippen molar-refractivity contribution in [3.63, 3.8) is 0 Å². The number of carbonyl (C=O) groups is 2. The van der Waals surface area contributed by atoms with Crippen LogP contribution in [0.4, 0.5) is 16.2 Å². The highest BCUT2D eigenvalue weighted by Gasteiger charge is 2.22. The topological polar surface area (TPSA) is 94.6 Å². The van der Waals surface area contributed by atoms with E-state index < -0.39 is 6.09 Å². The molecule has 0 aliphatic rings. The average molecular weight is 489 g/mol. The van der Waals surface area contributed by atoms with Crippen molar-refractivity contribution in [3.8, 4) is 11.1 Å². The van der Waals surface area contributed by atoms with Gasteiger partial charge < -0.3 is 20.6 Å². The molecule has 0 bridgehead atoms. The first-order valence-corrected chi connectivity index (χ1v) is 12.2. The summed E-state index contributed by atoms with van der Waals surface area (Å²) in [5.41, 5.74) is 7.96. The lowest BCUT2D eigenvalue weighted by Gasteiger charge is -2.22. The molecule has 3 rings (SSSR count). The molecule has 2 aromatic carbocycles. The zero-order valence-electron chi connectivity index (χ0n) is 22.0. The monoisotopic (exact) mass is 488 g/mol. The van der Waals surface area contributed by atoms with Gasteiger partial charge in [0.05, 0.1) is 6.42 Å². The van der Waals surface area contributed by atoms with Crippen LogP contribution in [-0.2, 0) is 24.2 Å². The van der Waals surface area contributed by atoms with Crippen molar-refractivity contribution in [2.75, 3.05) is 24.3 Å². The number of anilines is 2. The number of amides is 2. The van der Waals surface area contributed by atoms with Gasteiger partial charge in [-0.2, -0.15) is 0 Å². The van der Waals surface area contributed by atoms with Crippen molar-refractivity contribution in [2.24, 2.45) is 5.92 Å². The summed E-state index contributed by atoms with van der Waals surface area (Å²) in [6.45, 7) is 8.29. The van der Waals surface area contributed by atoms with Crippen LogP contribution < -0.4 is 15.5 Å². The van der Waals surface area contributed by atoms with Crippen LogP contribution in [0, 0.1) is 19.8 Å². The molecule has 1 aromatic heterocycles. The molecular weight excluding hydrogens is 452 g/mol. The molecule has 190 valence electrons. The van der Waals surface area contributed by atoms with Gasteiger partial charge in [0.2, 0.25) is 5.91 Å². The summed E-state index contributed by atoms with van der Waals surface area (Å²) in [7, 11) is 3.94. The lowest BCUT2D eigenvalue weighted by molar-refractivity contribution is -0.115. The minimum absolute atomic E-state index is 0.120. The lowest BCUT2D eigenvalue weighted by atomic mass is 9.88. The van der Waals surface area contributed by atoms with Crippen LogP contribution in [0.5, 0.6) is 0 Å². The van der Waals surface area contributed by atoms with E-state index in [1.165, 1.54) is 0 Å². The van der Waals surface area contributed by atoms with Crippen molar-refractivity contribution < 1.29 is 14.7 Å². The number of nitrogens with one attached hydrogen (secondary N) is 2. The van der Waals surface area contributed by atoms with Gasteiger partial charge in [0.25, 0.3) is 0 Å². The molecule has 7 heteroatoms. The fraction of sp³-hybridized carbons (Fsp3) is 0.345. The Labute approximate surface area is 213 Å². The smallest absolute Gasteiger partial charge is 0.404 e. The third-order valence-electron chi connectivity index (χ3n) is 6.05. The zero-order chi connectivity index (χ0) is 26.4. The number of carbonyl (C=O) groups excluding carboxylic acids is 1. The summed E-state index contributed by atoms with van der Waals surface area (Å²) < 4.78 is 0. The third kappa shape index (κ3) is 6.84. The fourth-order valence-electron chi connectivity index (χ4n) is 4.25. The van der Waals surface area contributed by atoms with Crippen molar-refractivity contribution in [1.29, 1.82) is 0 Å². The molecule has 7 nitrogen and oxygen atoms in total. The second kappa shape index (κ2) is 11.7. The van der Waals surface area contributed by atoms with Gasteiger partial charge in [0.1, 0.15) is 0 Å². The molecule has 3 N–H and O–H groups in total. The van der Waals surface area contributed by atoms with Crippen molar-refractivity contribution in [1.82, 2.24) is 10.3 Å². The number of pyridine rings is 1. The summed E-state index contributed by atoms with van der Waals surface area (Å²) in [6.07, 6.45) is -0.262. The molecule has 0 aliphatic carbocycles. The Bertz CT molecular complexity index is 1220. The van der Waals surface area contributed by atoms with E-state index in [1.807, 2.05) is 81.4 Å². The minimum Gasteiger partial charge on any atom is -0.465 e. The minimum atomic E-state index is -1.10. The Morgan fingerprint density at radius 1 is 0.972 bits per heavy atom. The molecule has 0 spiro atoms. The lowest BCUT2D eigenvalue weighted by Crippen LogP contribution is -2.24. The third-order valence-corrected chi connectivity index (χ3v) is 6.05. The Morgan fingerprint density at radius 3 is 2.17 bits per heavy atom. The Balaban J connectivity index is 2.06. The Morgan fingerprint density at radius 2 is 1.61 bits per heavy atom. The molecule has 3 aromatic rings. The van der Waals surface area contributed by atoms with Gasteiger partial charge in [-0.15, -0.1) is 0 Å². The van der Waals surface area contributed by atoms with Gasteiger partial charge in [-0.3, -0.25) is 9.78 Å². The van der Waals surface area contributed by atoms with E-state index in [9.17, 15) is 14.7 Å². The number of carboxylic acid groups (broad SMARTS) is 1. The van der Waals surface area contributed by atoms with Crippen molar-refractivity contribution in [3.05, 3.63) is 76.6 Å². The number of aryl methyl sites for hydroxylation is 2. The van der Waals surface area contributed by atoms with E-state index in [0.717, 1.165) is 50.6 Å². The molecule has 0 unspecified atom stereocenters. The van der Waals surface area contributed by atoms with Gasteiger partial charge in [-0.1, -0.05) is 43.7 Å². The summed E-state index contributed by atoms with van der Waals surface area (Å²) in [5, 5.41) is 14.9. The van der Waals surface area contributed by atoms with Crippen molar-refractivity contribution in [2.45, 2.75) is 47.1 Å². The van der Waals surface area contributed by atoms with E-state index in [1.54, 1.807) is 0 Å². The zero-order valence-corrected chi connectivity index (χ0v) is 22.0. The molecule has 0 saturated carbocycles. The van der Waals surface area contributed by atoms with Gasteiger partial charge in [0.15, 0.2) is 0 Å². The van der Waals surface area contributed by atoms with Crippen LogP contribution in [0.2, 0.25) is 0 Å². The Hall–Kier alpha value is -3.87.